The van der Waals surface area contributed by atoms with Crippen LogP contribution in [-0.2, 0) is 213 Å². The van der Waals surface area contributed by atoms with Crippen molar-refractivity contribution >= 4 is 0 Å². The maximum atomic E-state index is 5.55. The second-order valence-electron chi connectivity index (χ2n) is 27.3. The first-order valence-corrected chi connectivity index (χ1v) is 48.2. The Kier molecular flexibility index (Phi) is 130. The molecule has 0 aliphatic rings. The molecular formula is C90H182O45. The number of hydrogen-bond acceptors (Lipinski definition) is 45. The molecule has 45 heteroatoms. The smallest absolute Gasteiger partial charge is 0.0701 e. The molecule has 0 rings (SSSR count). The Labute approximate surface area is 805 Å². The van der Waals surface area contributed by atoms with Crippen molar-refractivity contribution in [2.75, 3.05) is 596 Å². The third-order valence-corrected chi connectivity index (χ3v) is 16.5. The van der Waals surface area contributed by atoms with Crippen LogP contribution in [0.15, 0.2) is 0 Å². The van der Waals surface area contributed by atoms with Crippen LogP contribution in [0, 0.1) is 0 Å². The lowest BCUT2D eigenvalue weighted by molar-refractivity contribution is -0.0329. The largest absolute Gasteiger partial charge is 0.382 e. The number of hydrogen-bond donors (Lipinski definition) is 0. The van der Waals surface area contributed by atoms with Gasteiger partial charge in [-0.05, 0) is 0 Å². The zero-order valence-corrected chi connectivity index (χ0v) is 82.6. The van der Waals surface area contributed by atoms with Gasteiger partial charge in [0.25, 0.3) is 0 Å². The predicted octanol–water partition coefficient (Wildman–Crippen LogP) is 0.993. The summed E-state index contributed by atoms with van der Waals surface area (Å²) in [6.07, 6.45) is 0. The van der Waals surface area contributed by atoms with Gasteiger partial charge in [-0.2, -0.15) is 0 Å². The first kappa shape index (κ1) is 133. The van der Waals surface area contributed by atoms with Crippen molar-refractivity contribution in [3.8, 4) is 0 Å². The van der Waals surface area contributed by atoms with Crippen LogP contribution in [0.25, 0.3) is 0 Å². The average Bonchev–Trinajstić information content (AvgIpc) is 1.14. The van der Waals surface area contributed by atoms with Crippen LogP contribution < -0.4 is 0 Å². The lowest BCUT2D eigenvalue weighted by atomic mass is 10.6. The van der Waals surface area contributed by atoms with Crippen molar-refractivity contribution in [2.45, 2.75) is 0 Å². The number of methoxy groups -OCH3 is 2. The van der Waals surface area contributed by atoms with Crippen LogP contribution >= 0.6 is 0 Å². The van der Waals surface area contributed by atoms with Crippen molar-refractivity contribution in [1.82, 2.24) is 0 Å². The SMILES string of the molecule is COCCOCCOCCOCCOCCOCCOCCOCCOCCOCCOCCOCCOCCOCCOCCOCCOCCOCCOCCOCCOCCOCCOCCOCCOCCOCCOCCOCCOCCOCCOCCOCCOCCOCCOCCOCCOCCOCCOCCOCCOCCOCCOCCOCCOC. The fourth-order valence-corrected chi connectivity index (χ4v) is 9.62. The average molecular weight is 1980 g/mol. The van der Waals surface area contributed by atoms with E-state index in [-0.39, 0.29) is 0 Å². The summed E-state index contributed by atoms with van der Waals surface area (Å²) in [6.45, 7) is 43.1. The first-order valence-electron chi connectivity index (χ1n) is 48.2. The highest BCUT2D eigenvalue weighted by Crippen LogP contribution is 1.97. The van der Waals surface area contributed by atoms with E-state index in [0.29, 0.717) is 581 Å². The van der Waals surface area contributed by atoms with E-state index in [2.05, 4.69) is 0 Å². The molecule has 0 heterocycles. The summed E-state index contributed by atoms with van der Waals surface area (Å²) in [4.78, 5) is 0. The normalized spacial score (nSPS) is 11.9. The van der Waals surface area contributed by atoms with Crippen LogP contribution in [0.3, 0.4) is 0 Å². The zero-order valence-electron chi connectivity index (χ0n) is 82.6. The summed E-state index contributed by atoms with van der Waals surface area (Å²) in [5, 5.41) is 0. The van der Waals surface area contributed by atoms with Gasteiger partial charge in [0.2, 0.25) is 0 Å². The summed E-state index contributed by atoms with van der Waals surface area (Å²) in [6, 6.07) is 0. The van der Waals surface area contributed by atoms with Crippen molar-refractivity contribution in [3.05, 3.63) is 0 Å². The van der Waals surface area contributed by atoms with E-state index < -0.39 is 0 Å². The molecule has 0 saturated heterocycles. The topological polar surface area (TPSA) is 415 Å². The number of rotatable bonds is 132. The molecule has 0 aromatic heterocycles. The summed E-state index contributed by atoms with van der Waals surface area (Å²) in [5.74, 6) is 0. The van der Waals surface area contributed by atoms with E-state index >= 15 is 0 Å². The molecule has 45 nitrogen and oxygen atoms in total. The molecule has 0 amide bonds. The van der Waals surface area contributed by atoms with Gasteiger partial charge < -0.3 is 213 Å². The van der Waals surface area contributed by atoms with Crippen molar-refractivity contribution in [3.63, 3.8) is 0 Å². The molecule has 0 N–H and O–H groups in total. The minimum absolute atomic E-state index is 0.473. The molecule has 0 radical (unpaired) electrons. The molecule has 0 aliphatic carbocycles. The highest BCUT2D eigenvalue weighted by Gasteiger charge is 2.06. The van der Waals surface area contributed by atoms with E-state index in [4.69, 9.17) is 213 Å². The quantitative estimate of drug-likeness (QED) is 0.0766. The van der Waals surface area contributed by atoms with E-state index in [1.165, 1.54) is 0 Å². The monoisotopic (exact) mass is 1980 g/mol. The lowest BCUT2D eigenvalue weighted by Gasteiger charge is -2.09. The van der Waals surface area contributed by atoms with Gasteiger partial charge in [-0.25, -0.2) is 0 Å². The Hall–Kier alpha value is -1.80. The summed E-state index contributed by atoms with van der Waals surface area (Å²) < 4.78 is 247. The number of ether oxygens (including phenoxy) is 45. The molecule has 0 aromatic rings. The third kappa shape index (κ3) is 132. The molecule has 135 heavy (non-hydrogen) atoms. The molecule has 0 spiro atoms. The molecule has 0 unspecified atom stereocenters. The van der Waals surface area contributed by atoms with Crippen LogP contribution in [0.5, 0.6) is 0 Å². The summed E-state index contributed by atoms with van der Waals surface area (Å²) >= 11 is 0. The molecule has 0 aromatic carbocycles. The molecule has 0 atom stereocenters. The first-order chi connectivity index (χ1) is 67.4. The molecular weight excluding hydrogens is 1800 g/mol. The van der Waals surface area contributed by atoms with E-state index in [0.717, 1.165) is 0 Å². The Bertz CT molecular complexity index is 1720. The maximum Gasteiger partial charge on any atom is 0.0701 e. The van der Waals surface area contributed by atoms with Crippen LogP contribution in [0.2, 0.25) is 0 Å². The molecule has 0 fully saturated rings. The van der Waals surface area contributed by atoms with Crippen molar-refractivity contribution in [1.29, 1.82) is 0 Å². The van der Waals surface area contributed by atoms with E-state index in [1.54, 1.807) is 14.2 Å². The van der Waals surface area contributed by atoms with Crippen molar-refractivity contribution < 1.29 is 213 Å². The minimum atomic E-state index is 0.473. The highest BCUT2D eigenvalue weighted by molar-refractivity contribution is 4.49. The second-order valence-corrected chi connectivity index (χ2v) is 27.3. The van der Waals surface area contributed by atoms with Crippen LogP contribution in [0.1, 0.15) is 0 Å². The Morgan fingerprint density at radius 1 is 0.0519 bits per heavy atom. The van der Waals surface area contributed by atoms with Gasteiger partial charge in [-0.3, -0.25) is 0 Å². The highest BCUT2D eigenvalue weighted by atomic mass is 16.7. The van der Waals surface area contributed by atoms with Crippen LogP contribution in [0.4, 0.5) is 0 Å². The fraction of sp³-hybridized carbons (Fsp3) is 1.00. The Morgan fingerprint density at radius 3 is 0.111 bits per heavy atom. The molecule has 0 aliphatic heterocycles. The summed E-state index contributed by atoms with van der Waals surface area (Å²) in [7, 11) is 3.29. The van der Waals surface area contributed by atoms with Crippen molar-refractivity contribution in [2.24, 2.45) is 0 Å². The van der Waals surface area contributed by atoms with Gasteiger partial charge in [-0.15, -0.1) is 0 Å². The van der Waals surface area contributed by atoms with E-state index in [9.17, 15) is 0 Å². The second kappa shape index (κ2) is 132. The lowest BCUT2D eigenvalue weighted by Crippen LogP contribution is -2.16. The van der Waals surface area contributed by atoms with Gasteiger partial charge >= 0.3 is 0 Å². The van der Waals surface area contributed by atoms with E-state index in [1.807, 2.05) is 0 Å². The standard InChI is InChI=1S/C90H182O45/c1-91-3-5-93-7-9-95-11-13-97-15-17-99-19-21-101-23-25-103-27-29-105-31-33-107-35-37-109-39-41-111-43-45-113-47-49-115-51-53-117-55-57-119-59-61-121-63-65-123-67-69-125-71-73-127-75-77-129-79-81-131-83-85-133-87-89-135-90-88-134-86-84-132-82-80-130-78-76-128-74-72-126-70-68-124-66-64-122-62-60-120-58-56-118-54-52-116-50-48-114-46-44-112-42-40-110-38-36-108-34-32-106-30-28-104-26-24-102-22-20-100-18-16-98-14-12-96-10-8-94-6-4-92-2/h3-90H2,1-2H3. The third-order valence-electron chi connectivity index (χ3n) is 16.5. The van der Waals surface area contributed by atoms with Gasteiger partial charge in [0.05, 0.1) is 581 Å². The zero-order chi connectivity index (χ0) is 96.0. The predicted molar refractivity (Wildman–Crippen MR) is 489 cm³/mol. The van der Waals surface area contributed by atoms with Crippen LogP contribution in [-0.4, -0.2) is 596 Å². The minimum Gasteiger partial charge on any atom is -0.382 e. The van der Waals surface area contributed by atoms with Gasteiger partial charge in [0, 0.05) is 14.2 Å². The molecule has 0 bridgehead atoms. The van der Waals surface area contributed by atoms with Gasteiger partial charge in [0.1, 0.15) is 0 Å². The molecule has 812 valence electrons. The Morgan fingerprint density at radius 2 is 0.0815 bits per heavy atom. The summed E-state index contributed by atoms with van der Waals surface area (Å²) in [5.41, 5.74) is 0. The molecule has 0 saturated carbocycles. The Balaban J connectivity index is 3.10. The van der Waals surface area contributed by atoms with Gasteiger partial charge in [-0.1, -0.05) is 0 Å². The maximum absolute atomic E-state index is 5.55. The fourth-order valence-electron chi connectivity index (χ4n) is 9.62. The van der Waals surface area contributed by atoms with Gasteiger partial charge in [0.15, 0.2) is 0 Å².